The van der Waals surface area contributed by atoms with Gasteiger partial charge in [-0.3, -0.25) is 14.0 Å². The van der Waals surface area contributed by atoms with E-state index in [0.717, 1.165) is 5.56 Å². The molecule has 1 amide bonds. The quantitative estimate of drug-likeness (QED) is 0.0628. The summed E-state index contributed by atoms with van der Waals surface area (Å²) in [6.45, 7) is 10.2. The van der Waals surface area contributed by atoms with Gasteiger partial charge < -0.3 is 45.0 Å². The van der Waals surface area contributed by atoms with Crippen molar-refractivity contribution >= 4 is 51.8 Å². The Morgan fingerprint density at radius 3 is 2.44 bits per heavy atom. The topological polar surface area (TPSA) is 188 Å². The maximum Gasteiger partial charge on any atom is 0.302 e. The van der Waals surface area contributed by atoms with Gasteiger partial charge in [0.2, 0.25) is 0 Å². The molecule has 9 atom stereocenters. The minimum Gasteiger partial charge on any atom is -0.505 e. The average Bonchev–Trinajstić information content (AvgIpc) is 3.51. The fourth-order valence-corrected chi connectivity index (χ4v) is 7.88. The van der Waals surface area contributed by atoms with E-state index in [1.807, 2.05) is 45.3 Å². The number of pyridine rings is 1. The predicted molar refractivity (Wildman–Crippen MR) is 228 cm³/mol. The number of fused-ring (bicyclic) bond motifs is 1. The number of nitrogens with one attached hydrogen (secondary N) is 1. The van der Waals surface area contributed by atoms with Crippen molar-refractivity contribution in [2.45, 2.75) is 84.9 Å². The highest BCUT2D eigenvalue weighted by molar-refractivity contribution is 6.10. The van der Waals surface area contributed by atoms with Crippen LogP contribution in [0, 0.1) is 35.5 Å². The van der Waals surface area contributed by atoms with Crippen LogP contribution >= 0.6 is 0 Å². The molecule has 1 aromatic carbocycles. The number of hydrogen-bond acceptors (Lipinski definition) is 12. The number of aromatic hydroxyl groups is 1. The summed E-state index contributed by atoms with van der Waals surface area (Å²) in [7, 11) is 6.69. The van der Waals surface area contributed by atoms with E-state index < -0.39 is 77.6 Å². The summed E-state index contributed by atoms with van der Waals surface area (Å²) in [4.78, 5) is 31.3. The van der Waals surface area contributed by atoms with Crippen LogP contribution in [0.15, 0.2) is 59.4 Å². The average molecular weight is 812 g/mol. The van der Waals surface area contributed by atoms with Crippen LogP contribution in [0.3, 0.4) is 0 Å². The van der Waals surface area contributed by atoms with Gasteiger partial charge in [0, 0.05) is 75.9 Å². The molecular formula is C45H57N5O9. The summed E-state index contributed by atoms with van der Waals surface area (Å²) < 4.78 is 19.4. The number of amides is 1. The van der Waals surface area contributed by atoms with Crippen LogP contribution in [0.25, 0.3) is 28.0 Å². The second-order valence-corrected chi connectivity index (χ2v) is 15.7. The lowest BCUT2D eigenvalue weighted by Crippen LogP contribution is -2.46. The van der Waals surface area contributed by atoms with Gasteiger partial charge in [0.15, 0.2) is 11.5 Å². The van der Waals surface area contributed by atoms with Crippen molar-refractivity contribution in [1.82, 2.24) is 14.4 Å². The molecule has 1 aliphatic carbocycles. The van der Waals surface area contributed by atoms with Gasteiger partial charge >= 0.3 is 5.97 Å². The van der Waals surface area contributed by atoms with Crippen molar-refractivity contribution in [1.29, 1.82) is 0 Å². The highest BCUT2D eigenvalue weighted by Gasteiger charge is 2.39. The number of hydrazone groups is 1. The van der Waals surface area contributed by atoms with E-state index in [2.05, 4.69) is 22.3 Å². The van der Waals surface area contributed by atoms with Crippen LogP contribution in [-0.4, -0.2) is 112 Å². The molecule has 3 heterocycles. The molecule has 5 N–H and O–H groups in total. The zero-order valence-electron chi connectivity index (χ0n) is 35.4. The molecular weight excluding hydrogens is 755 g/mol. The summed E-state index contributed by atoms with van der Waals surface area (Å²) in [6, 6.07) is 3.66. The predicted octanol–water partition coefficient (Wildman–Crippen LogP) is 3.94. The molecule has 316 valence electrons. The van der Waals surface area contributed by atoms with Crippen molar-refractivity contribution in [2.75, 3.05) is 33.6 Å². The van der Waals surface area contributed by atoms with E-state index in [0.29, 0.717) is 40.3 Å². The number of nitrogens with zero attached hydrogens (tertiary/aromatic N) is 4. The summed E-state index contributed by atoms with van der Waals surface area (Å²) in [5.41, 5.74) is 2.93. The maximum absolute atomic E-state index is 13.9. The Balaban J connectivity index is 1.79. The molecule has 14 nitrogen and oxygen atoms in total. The first-order valence-corrected chi connectivity index (χ1v) is 19.8. The Labute approximate surface area is 344 Å². The van der Waals surface area contributed by atoms with Crippen molar-refractivity contribution in [3.05, 3.63) is 70.3 Å². The van der Waals surface area contributed by atoms with Crippen LogP contribution in [0.1, 0.15) is 59.9 Å². The lowest BCUT2D eigenvalue weighted by atomic mass is 9.78. The molecule has 59 heavy (non-hydrogen) atoms. The highest BCUT2D eigenvalue weighted by Crippen LogP contribution is 2.33. The van der Waals surface area contributed by atoms with Gasteiger partial charge in [0.1, 0.15) is 34.6 Å². The van der Waals surface area contributed by atoms with E-state index in [9.17, 15) is 30.0 Å². The Morgan fingerprint density at radius 1 is 1.05 bits per heavy atom. The van der Waals surface area contributed by atoms with Gasteiger partial charge in [-0.25, -0.2) is 4.98 Å². The fourth-order valence-electron chi connectivity index (χ4n) is 7.88. The molecule has 14 heteroatoms. The molecule has 1 aliphatic heterocycles. The third kappa shape index (κ3) is 9.55. The number of rotatable bonds is 5. The summed E-state index contributed by atoms with van der Waals surface area (Å²) in [5, 5.41) is 55.9. The molecule has 0 saturated heterocycles. The second kappa shape index (κ2) is 19.1. The number of hydrogen-bond donors (Lipinski definition) is 5. The number of phenolic OH excluding ortho intramolecular Hbond substituents is 1. The fraction of sp³-hybridized carbons (Fsp3) is 0.467. The zero-order chi connectivity index (χ0) is 43.3. The number of phenols is 1. The number of anilines is 1. The summed E-state index contributed by atoms with van der Waals surface area (Å²) in [5.74, 6) is 1.81. The van der Waals surface area contributed by atoms with E-state index in [1.165, 1.54) is 14.0 Å². The number of ether oxygens (including phenoxy) is 3. The molecule has 0 radical (unpaired) electrons. The second-order valence-electron chi connectivity index (χ2n) is 15.7. The Kier molecular flexibility index (Phi) is 14.4. The van der Waals surface area contributed by atoms with Gasteiger partial charge in [-0.05, 0) is 49.0 Å². The Morgan fingerprint density at radius 2 is 1.78 bits per heavy atom. The third-order valence-corrected chi connectivity index (χ3v) is 11.3. The van der Waals surface area contributed by atoms with Gasteiger partial charge in [-0.2, -0.15) is 5.10 Å². The largest absolute Gasteiger partial charge is 0.505 e. The van der Waals surface area contributed by atoms with Crippen molar-refractivity contribution < 1.29 is 44.2 Å². The maximum atomic E-state index is 13.9. The molecule has 5 rings (SSSR count). The minimum atomic E-state index is -1.05. The molecule has 0 saturated carbocycles. The Hall–Kier alpha value is -5.46. The number of imidazole rings is 1. The molecule has 3 aromatic rings. The molecule has 0 fully saturated rings. The van der Waals surface area contributed by atoms with Crippen LogP contribution in [-0.2, 0) is 23.8 Å². The molecule has 2 bridgehead atoms. The van der Waals surface area contributed by atoms with Gasteiger partial charge in [-0.15, -0.1) is 0 Å². The molecule has 2 aliphatic rings. The van der Waals surface area contributed by atoms with Crippen molar-refractivity contribution in [3.63, 3.8) is 0 Å². The number of aliphatic hydroxyl groups is 3. The Bertz CT molecular complexity index is 2380. The minimum absolute atomic E-state index is 0.00800. The molecule has 2 aromatic heterocycles. The van der Waals surface area contributed by atoms with Crippen molar-refractivity contribution in [3.8, 4) is 17.6 Å². The van der Waals surface area contributed by atoms with E-state index in [4.69, 9.17) is 19.2 Å². The molecule has 0 spiro atoms. The van der Waals surface area contributed by atoms with Crippen molar-refractivity contribution in [2.24, 2.45) is 28.8 Å². The monoisotopic (exact) mass is 811 g/mol. The number of aromatic nitrogens is 2. The van der Waals surface area contributed by atoms with Gasteiger partial charge in [0.05, 0.1) is 29.7 Å². The van der Waals surface area contributed by atoms with Gasteiger partial charge in [-0.1, -0.05) is 64.0 Å². The van der Waals surface area contributed by atoms with Crippen LogP contribution < -0.4 is 15.8 Å². The number of carbonyl (C=O) groups excluding carboxylic acids is 2. The number of allylic oxidation sites excluding steroid dienone is 3. The lowest BCUT2D eigenvalue weighted by molar-refractivity contribution is -0.160. The van der Waals surface area contributed by atoms with Gasteiger partial charge in [0.25, 0.3) is 5.91 Å². The smallest absolute Gasteiger partial charge is 0.302 e. The lowest BCUT2D eigenvalue weighted by Gasteiger charge is -2.38. The summed E-state index contributed by atoms with van der Waals surface area (Å²) >= 11 is 0. The van der Waals surface area contributed by atoms with Crippen LogP contribution in [0.2, 0.25) is 0 Å². The number of benzene rings is 1. The first-order chi connectivity index (χ1) is 28.0. The highest BCUT2D eigenvalue weighted by atomic mass is 16.5. The van der Waals surface area contributed by atoms with E-state index in [1.54, 1.807) is 74.9 Å². The number of carbonyl (C=O) groups is 2. The summed E-state index contributed by atoms with van der Waals surface area (Å²) in [6.07, 6.45) is 8.85. The number of methoxy groups -OCH3 is 2. The van der Waals surface area contributed by atoms with E-state index in [-0.39, 0.29) is 16.5 Å². The third-order valence-electron chi connectivity index (χ3n) is 11.3. The van der Waals surface area contributed by atoms with E-state index >= 15 is 0 Å². The normalized spacial score (nSPS) is 29.3. The number of aliphatic hydroxyl groups excluding tert-OH is 3. The number of esters is 1. The SMILES string of the molecule is COC1C#CC(O)=c2c(O)c3c4c(nc5cc(/C=N/N(C)C)ccn54)c2=C1CC/C=C/[C@H](OC)[C@@H](C)[C@@H](OC(C)=O)[C@H](C)[C@H](O)[C@H](C)[C@@H](O)[C@@H](C)/C=C/C=C(/C)C(=O)N3. The van der Waals surface area contributed by atoms with Crippen LogP contribution in [0.4, 0.5) is 5.69 Å². The standard InChI is InChI=1S/C45H57N5O9/c1-24-14-13-15-25(2)45(56)48-39-40-38(47-35-22-30(20-21-50(35)40)23-46-49(7)8)36-31(34(58-10)19-18-32(52)37(36)43(39)55)16-11-12-17-33(57-9)26(3)44(59-29(6)51)28(5)42(54)27(4)41(24)53/h12-15,17,20-24,26-28,33-34,41-42,44,52-55H,11,16H2,1-10H3,(H,48,56)/b14-13+,17-12+,25-15-,46-23+/t24-,26+,27+,28+,33-,34?,41-,42+,44+/m0/s1. The first-order valence-electron chi connectivity index (χ1n) is 19.8. The molecule has 1 unspecified atom stereocenters. The van der Waals surface area contributed by atoms with Crippen LogP contribution in [0.5, 0.6) is 5.75 Å². The first kappa shape index (κ1) is 44.6. The zero-order valence-corrected chi connectivity index (χ0v) is 35.4.